The van der Waals surface area contributed by atoms with Crippen LogP contribution in [0, 0.1) is 11.8 Å². The third-order valence-corrected chi connectivity index (χ3v) is 3.41. The van der Waals surface area contributed by atoms with Gasteiger partial charge in [0, 0.05) is 6.42 Å². The smallest absolute Gasteiger partial charge is 0.416 e. The minimum atomic E-state index is -0.459. The first-order valence-electron chi connectivity index (χ1n) is 6.08. The number of hydrogen-bond acceptors (Lipinski definition) is 3. The molecular formula is C12H19NO3. The molecule has 2 aliphatic rings. The highest BCUT2D eigenvalue weighted by molar-refractivity contribution is 5.93. The maximum Gasteiger partial charge on any atom is 0.416 e. The summed E-state index contributed by atoms with van der Waals surface area (Å²) in [6, 6.07) is -0.0702. The summed E-state index contributed by atoms with van der Waals surface area (Å²) in [7, 11) is 0. The lowest BCUT2D eigenvalue weighted by molar-refractivity contribution is -0.129. The van der Waals surface area contributed by atoms with Crippen LogP contribution >= 0.6 is 0 Å². The number of amides is 2. The zero-order chi connectivity index (χ0) is 11.7. The first-order valence-corrected chi connectivity index (χ1v) is 6.08. The van der Waals surface area contributed by atoms with Crippen LogP contribution in [0.2, 0.25) is 0 Å². The van der Waals surface area contributed by atoms with Crippen molar-refractivity contribution in [3.05, 3.63) is 0 Å². The molecule has 1 aliphatic heterocycles. The van der Waals surface area contributed by atoms with Gasteiger partial charge >= 0.3 is 6.09 Å². The van der Waals surface area contributed by atoms with Crippen LogP contribution in [-0.4, -0.2) is 29.5 Å². The van der Waals surface area contributed by atoms with E-state index in [0.29, 0.717) is 13.0 Å². The Morgan fingerprint density at radius 2 is 2.19 bits per heavy atom. The van der Waals surface area contributed by atoms with E-state index >= 15 is 0 Å². The predicted molar refractivity (Wildman–Crippen MR) is 58.8 cm³/mol. The van der Waals surface area contributed by atoms with E-state index < -0.39 is 6.09 Å². The maximum atomic E-state index is 11.9. The molecule has 1 saturated heterocycles. The van der Waals surface area contributed by atoms with Gasteiger partial charge in [0.05, 0.1) is 6.04 Å². The number of rotatable bonds is 4. The van der Waals surface area contributed by atoms with Crippen molar-refractivity contribution in [3.8, 4) is 0 Å². The Kier molecular flexibility index (Phi) is 3.17. The third-order valence-electron chi connectivity index (χ3n) is 3.41. The van der Waals surface area contributed by atoms with Crippen molar-refractivity contribution in [2.45, 2.75) is 45.6 Å². The van der Waals surface area contributed by atoms with Gasteiger partial charge in [0.1, 0.15) is 6.61 Å². The molecule has 0 aromatic heterocycles. The summed E-state index contributed by atoms with van der Waals surface area (Å²) < 4.78 is 4.95. The predicted octanol–water partition coefficient (Wildman–Crippen LogP) is 2.18. The van der Waals surface area contributed by atoms with E-state index in [4.69, 9.17) is 4.74 Å². The second kappa shape index (κ2) is 4.44. The zero-order valence-electron chi connectivity index (χ0n) is 9.94. The summed E-state index contributed by atoms with van der Waals surface area (Å²) >= 11 is 0. The highest BCUT2D eigenvalue weighted by atomic mass is 16.6. The number of hydrogen-bond donors (Lipinski definition) is 0. The van der Waals surface area contributed by atoms with Gasteiger partial charge in [-0.1, -0.05) is 26.7 Å². The van der Waals surface area contributed by atoms with Crippen LogP contribution in [0.25, 0.3) is 0 Å². The molecule has 4 nitrogen and oxygen atoms in total. The summed E-state index contributed by atoms with van der Waals surface area (Å²) in [5.74, 6) is 0.921. The van der Waals surface area contributed by atoms with Gasteiger partial charge in [-0.15, -0.1) is 0 Å². The van der Waals surface area contributed by atoms with Crippen molar-refractivity contribution in [2.75, 3.05) is 6.61 Å². The van der Waals surface area contributed by atoms with Crippen LogP contribution in [0.5, 0.6) is 0 Å². The third kappa shape index (κ3) is 2.36. The first-order chi connectivity index (χ1) is 7.59. The fourth-order valence-corrected chi connectivity index (χ4v) is 2.07. The molecule has 90 valence electrons. The van der Waals surface area contributed by atoms with Gasteiger partial charge in [-0.2, -0.15) is 0 Å². The molecule has 0 aromatic carbocycles. The minimum absolute atomic E-state index is 0.0619. The van der Waals surface area contributed by atoms with Gasteiger partial charge in [-0.3, -0.25) is 4.79 Å². The van der Waals surface area contributed by atoms with E-state index in [1.54, 1.807) is 0 Å². The zero-order valence-corrected chi connectivity index (χ0v) is 9.94. The monoisotopic (exact) mass is 225 g/mol. The number of cyclic esters (lactones) is 1. The van der Waals surface area contributed by atoms with Crippen LogP contribution in [-0.2, 0) is 9.53 Å². The van der Waals surface area contributed by atoms with Gasteiger partial charge in [0.25, 0.3) is 0 Å². The van der Waals surface area contributed by atoms with Crippen LogP contribution in [0.4, 0.5) is 4.79 Å². The van der Waals surface area contributed by atoms with Crippen molar-refractivity contribution < 1.29 is 14.3 Å². The average molecular weight is 225 g/mol. The highest BCUT2D eigenvalue weighted by Gasteiger charge is 2.39. The largest absolute Gasteiger partial charge is 0.447 e. The molecule has 0 N–H and O–H groups in total. The van der Waals surface area contributed by atoms with E-state index in [1.807, 2.05) is 13.8 Å². The van der Waals surface area contributed by atoms with Gasteiger partial charge in [-0.05, 0) is 18.3 Å². The topological polar surface area (TPSA) is 46.6 Å². The van der Waals surface area contributed by atoms with Gasteiger partial charge in [-0.25, -0.2) is 9.69 Å². The second-order valence-corrected chi connectivity index (χ2v) is 5.13. The molecule has 0 unspecified atom stereocenters. The first kappa shape index (κ1) is 11.4. The standard InChI is InChI=1S/C12H19NO3/c1-8(2)10-7-16-12(15)13(10)11(14)6-5-9-3-4-9/h8-10H,3-7H2,1-2H3/t10-/m1/s1. The van der Waals surface area contributed by atoms with E-state index in [-0.39, 0.29) is 17.9 Å². The Bertz CT molecular complexity index is 297. The Labute approximate surface area is 95.9 Å². The van der Waals surface area contributed by atoms with Crippen LogP contribution in [0.15, 0.2) is 0 Å². The normalized spacial score (nSPS) is 25.1. The van der Waals surface area contributed by atoms with Crippen LogP contribution in [0.1, 0.15) is 39.5 Å². The molecule has 2 amide bonds. The molecule has 0 radical (unpaired) electrons. The molecule has 0 bridgehead atoms. The fraction of sp³-hybridized carbons (Fsp3) is 0.833. The van der Waals surface area contributed by atoms with E-state index in [9.17, 15) is 9.59 Å². The molecule has 4 heteroatoms. The lowest BCUT2D eigenvalue weighted by Gasteiger charge is -2.22. The number of nitrogens with zero attached hydrogens (tertiary/aromatic N) is 1. The van der Waals surface area contributed by atoms with E-state index in [2.05, 4.69) is 0 Å². The summed E-state index contributed by atoms with van der Waals surface area (Å²) in [4.78, 5) is 24.7. The van der Waals surface area contributed by atoms with Gasteiger partial charge in [0.2, 0.25) is 5.91 Å². The molecule has 0 spiro atoms. The number of ether oxygens (including phenoxy) is 1. The van der Waals surface area contributed by atoms with Crippen LogP contribution in [0.3, 0.4) is 0 Å². The van der Waals surface area contributed by atoms with E-state index in [1.165, 1.54) is 17.7 Å². The molecule has 0 aromatic rings. The van der Waals surface area contributed by atoms with Crippen molar-refractivity contribution in [1.29, 1.82) is 0 Å². The number of imide groups is 1. The Morgan fingerprint density at radius 1 is 1.50 bits per heavy atom. The average Bonchev–Trinajstić information content (AvgIpc) is 2.97. The second-order valence-electron chi connectivity index (χ2n) is 5.13. The highest BCUT2D eigenvalue weighted by Crippen LogP contribution is 2.34. The number of carbonyl (C=O) groups excluding carboxylic acids is 2. The molecule has 1 atom stereocenters. The Morgan fingerprint density at radius 3 is 2.75 bits per heavy atom. The molecule has 2 rings (SSSR count). The molecule has 16 heavy (non-hydrogen) atoms. The van der Waals surface area contributed by atoms with Crippen molar-refractivity contribution in [1.82, 2.24) is 4.90 Å². The van der Waals surface area contributed by atoms with Crippen LogP contribution < -0.4 is 0 Å². The minimum Gasteiger partial charge on any atom is -0.447 e. The maximum absolute atomic E-state index is 11.9. The molecule has 2 fully saturated rings. The molecular weight excluding hydrogens is 206 g/mol. The molecule has 1 aliphatic carbocycles. The van der Waals surface area contributed by atoms with Crippen molar-refractivity contribution in [2.24, 2.45) is 11.8 Å². The SMILES string of the molecule is CC(C)[C@H]1COC(=O)N1C(=O)CCC1CC1. The quantitative estimate of drug-likeness (QED) is 0.736. The fourth-order valence-electron chi connectivity index (χ4n) is 2.07. The summed E-state index contributed by atoms with van der Waals surface area (Å²) in [6.07, 6.45) is 3.44. The summed E-state index contributed by atoms with van der Waals surface area (Å²) in [5.41, 5.74) is 0. The van der Waals surface area contributed by atoms with Crippen molar-refractivity contribution >= 4 is 12.0 Å². The molecule has 1 heterocycles. The summed E-state index contributed by atoms with van der Waals surface area (Å²) in [5, 5.41) is 0. The van der Waals surface area contributed by atoms with E-state index in [0.717, 1.165) is 12.3 Å². The Hall–Kier alpha value is -1.06. The lowest BCUT2D eigenvalue weighted by Crippen LogP contribution is -2.41. The van der Waals surface area contributed by atoms with Crippen molar-refractivity contribution in [3.63, 3.8) is 0 Å². The number of carbonyl (C=O) groups is 2. The molecule has 1 saturated carbocycles. The Balaban J connectivity index is 1.92. The van der Waals surface area contributed by atoms with Gasteiger partial charge in [0.15, 0.2) is 0 Å². The lowest BCUT2D eigenvalue weighted by atomic mass is 10.0. The summed E-state index contributed by atoms with van der Waals surface area (Å²) in [6.45, 7) is 4.37. The van der Waals surface area contributed by atoms with Gasteiger partial charge < -0.3 is 4.74 Å².